The molecule has 180 valence electrons. The van der Waals surface area contributed by atoms with E-state index in [4.69, 9.17) is 4.74 Å². The van der Waals surface area contributed by atoms with Crippen LogP contribution in [0.5, 0.6) is 5.75 Å². The van der Waals surface area contributed by atoms with Gasteiger partial charge in [-0.25, -0.2) is 18.9 Å². The Bertz CT molecular complexity index is 1450. The summed E-state index contributed by atoms with van der Waals surface area (Å²) in [6, 6.07) is 16.8. The van der Waals surface area contributed by atoms with Gasteiger partial charge in [0.25, 0.3) is 5.91 Å². The van der Waals surface area contributed by atoms with Crippen molar-refractivity contribution in [1.29, 1.82) is 0 Å². The summed E-state index contributed by atoms with van der Waals surface area (Å²) in [7, 11) is -2.41. The third-order valence-electron chi connectivity index (χ3n) is 5.35. The number of pyridine rings is 1. The number of anilines is 1. The molecule has 0 radical (unpaired) electrons. The first kappa shape index (κ1) is 24.4. The molecule has 10 heteroatoms. The fraction of sp³-hybridized carbons (Fsp3) is 0.120. The van der Waals surface area contributed by atoms with Crippen LogP contribution in [-0.2, 0) is 16.4 Å². The van der Waals surface area contributed by atoms with E-state index >= 15 is 0 Å². The SMILES string of the molecule is COc1ccc(S(=O)(=O)c2ncccc2CNc2c(C(=O)NO)cc(C)cc2-c2cccs2)cc1. The molecule has 0 saturated carbocycles. The van der Waals surface area contributed by atoms with Gasteiger partial charge >= 0.3 is 0 Å². The molecule has 0 saturated heterocycles. The molecule has 2 aromatic carbocycles. The Hall–Kier alpha value is -3.73. The maximum atomic E-state index is 13.4. The largest absolute Gasteiger partial charge is 0.497 e. The topological polar surface area (TPSA) is 118 Å². The van der Waals surface area contributed by atoms with Crippen molar-refractivity contribution in [3.05, 3.63) is 88.9 Å². The number of thiophene rings is 1. The zero-order valence-corrected chi connectivity index (χ0v) is 20.6. The van der Waals surface area contributed by atoms with Gasteiger partial charge in [-0.1, -0.05) is 12.1 Å². The Balaban J connectivity index is 1.74. The number of hydroxylamine groups is 1. The van der Waals surface area contributed by atoms with Gasteiger partial charge in [-0.15, -0.1) is 11.3 Å². The average Bonchev–Trinajstić information content (AvgIpc) is 3.42. The molecule has 4 aromatic rings. The molecule has 0 fully saturated rings. The van der Waals surface area contributed by atoms with Crippen molar-refractivity contribution in [2.24, 2.45) is 0 Å². The van der Waals surface area contributed by atoms with Crippen LogP contribution in [0.25, 0.3) is 10.4 Å². The van der Waals surface area contributed by atoms with Gasteiger partial charge < -0.3 is 10.1 Å². The van der Waals surface area contributed by atoms with Crippen LogP contribution in [0.1, 0.15) is 21.5 Å². The normalized spacial score (nSPS) is 11.2. The van der Waals surface area contributed by atoms with E-state index in [0.29, 0.717) is 17.0 Å². The lowest BCUT2D eigenvalue weighted by Crippen LogP contribution is -2.21. The van der Waals surface area contributed by atoms with Crippen molar-refractivity contribution in [3.8, 4) is 16.2 Å². The molecule has 0 bridgehead atoms. The highest BCUT2D eigenvalue weighted by Crippen LogP contribution is 2.36. The molecule has 3 N–H and O–H groups in total. The van der Waals surface area contributed by atoms with E-state index in [-0.39, 0.29) is 22.0 Å². The molecule has 0 aliphatic carbocycles. The van der Waals surface area contributed by atoms with E-state index in [2.05, 4.69) is 10.3 Å². The van der Waals surface area contributed by atoms with Gasteiger partial charge in [-0.2, -0.15) is 0 Å². The van der Waals surface area contributed by atoms with Crippen LogP contribution in [0.15, 0.2) is 82.2 Å². The lowest BCUT2D eigenvalue weighted by Gasteiger charge is -2.18. The summed E-state index contributed by atoms with van der Waals surface area (Å²) in [5.74, 6) is -0.131. The van der Waals surface area contributed by atoms with Crippen molar-refractivity contribution in [3.63, 3.8) is 0 Å². The van der Waals surface area contributed by atoms with Gasteiger partial charge in [0, 0.05) is 28.7 Å². The van der Waals surface area contributed by atoms with Gasteiger partial charge in [0.1, 0.15) is 5.75 Å². The van der Waals surface area contributed by atoms with E-state index in [1.54, 1.807) is 35.8 Å². The second-order valence-corrected chi connectivity index (χ2v) is 10.5. The summed E-state index contributed by atoms with van der Waals surface area (Å²) in [4.78, 5) is 17.6. The predicted molar refractivity (Wildman–Crippen MR) is 134 cm³/mol. The standard InChI is InChI=1S/C25H23N3O5S2/c1-16-13-20(22-6-4-12-34-22)23(21(14-16)24(29)28-30)27-15-17-5-3-11-26-25(17)35(31,32)19-9-7-18(33-2)8-10-19/h3-14,27,30H,15H2,1-2H3,(H,28,29). The van der Waals surface area contributed by atoms with E-state index in [1.165, 1.54) is 36.8 Å². The van der Waals surface area contributed by atoms with Crippen LogP contribution in [0.3, 0.4) is 0 Å². The number of sulfone groups is 1. The highest BCUT2D eigenvalue weighted by molar-refractivity contribution is 7.91. The summed E-state index contributed by atoms with van der Waals surface area (Å²) in [6.07, 6.45) is 1.42. The zero-order valence-electron chi connectivity index (χ0n) is 19.0. The van der Waals surface area contributed by atoms with E-state index in [1.807, 2.05) is 30.5 Å². The summed E-state index contributed by atoms with van der Waals surface area (Å²) in [5, 5.41) is 14.4. The fourth-order valence-corrected chi connectivity index (χ4v) is 5.84. The van der Waals surface area contributed by atoms with E-state index in [0.717, 1.165) is 16.0 Å². The number of benzene rings is 2. The number of hydrogen-bond acceptors (Lipinski definition) is 8. The molecule has 1 amide bonds. The van der Waals surface area contributed by atoms with E-state index < -0.39 is 15.7 Å². The number of rotatable bonds is 8. The number of aromatic nitrogens is 1. The van der Waals surface area contributed by atoms with Crippen LogP contribution in [0, 0.1) is 6.92 Å². The molecule has 2 heterocycles. The molecule has 4 rings (SSSR count). The minimum Gasteiger partial charge on any atom is -0.497 e. The van der Waals surface area contributed by atoms with Gasteiger partial charge in [0.05, 0.1) is 23.3 Å². The Morgan fingerprint density at radius 3 is 2.54 bits per heavy atom. The summed E-state index contributed by atoms with van der Waals surface area (Å²) < 4.78 is 31.8. The van der Waals surface area contributed by atoms with Crippen LogP contribution < -0.4 is 15.5 Å². The van der Waals surface area contributed by atoms with Gasteiger partial charge in [0.2, 0.25) is 9.84 Å². The molecule has 0 unspecified atom stereocenters. The third-order valence-corrected chi connectivity index (χ3v) is 8.02. The molecule has 8 nitrogen and oxygen atoms in total. The van der Waals surface area contributed by atoms with Crippen LogP contribution >= 0.6 is 11.3 Å². The average molecular weight is 510 g/mol. The molecular formula is C25H23N3O5S2. The molecular weight excluding hydrogens is 486 g/mol. The summed E-state index contributed by atoms with van der Waals surface area (Å²) >= 11 is 1.50. The Morgan fingerprint density at radius 1 is 1.11 bits per heavy atom. The maximum absolute atomic E-state index is 13.4. The number of nitrogens with one attached hydrogen (secondary N) is 2. The Morgan fingerprint density at radius 2 is 1.89 bits per heavy atom. The van der Waals surface area contributed by atoms with Crippen molar-refractivity contribution < 1.29 is 23.2 Å². The minimum absolute atomic E-state index is 0.0751. The summed E-state index contributed by atoms with van der Waals surface area (Å²) in [6.45, 7) is 1.93. The first-order chi connectivity index (χ1) is 16.8. The minimum atomic E-state index is -3.91. The highest BCUT2D eigenvalue weighted by atomic mass is 32.2. The number of hydrogen-bond donors (Lipinski definition) is 3. The predicted octanol–water partition coefficient (Wildman–Crippen LogP) is 4.69. The number of carbonyl (C=O) groups is 1. The number of carbonyl (C=O) groups excluding carboxylic acids is 1. The molecule has 0 atom stereocenters. The second kappa shape index (κ2) is 10.3. The number of nitrogens with zero attached hydrogens (tertiary/aromatic N) is 1. The maximum Gasteiger partial charge on any atom is 0.276 e. The zero-order chi connectivity index (χ0) is 25.0. The van der Waals surface area contributed by atoms with Crippen molar-refractivity contribution >= 4 is 32.8 Å². The number of ether oxygens (including phenoxy) is 1. The number of aryl methyl sites for hydroxylation is 1. The molecule has 0 spiro atoms. The van der Waals surface area contributed by atoms with Crippen molar-refractivity contribution in [2.75, 3.05) is 12.4 Å². The monoisotopic (exact) mass is 509 g/mol. The van der Waals surface area contributed by atoms with Gasteiger partial charge in [-0.3, -0.25) is 10.0 Å². The lowest BCUT2D eigenvalue weighted by atomic mass is 10.0. The Labute approximate surface area is 207 Å². The Kier molecular flexibility index (Phi) is 7.15. The van der Waals surface area contributed by atoms with Crippen LogP contribution in [0.2, 0.25) is 0 Å². The molecule has 0 aliphatic heterocycles. The number of methoxy groups -OCH3 is 1. The summed E-state index contributed by atoms with van der Waals surface area (Å²) in [5.41, 5.74) is 4.43. The smallest absolute Gasteiger partial charge is 0.276 e. The first-order valence-electron chi connectivity index (χ1n) is 10.5. The van der Waals surface area contributed by atoms with Gasteiger partial charge in [0.15, 0.2) is 5.03 Å². The first-order valence-corrected chi connectivity index (χ1v) is 12.9. The lowest BCUT2D eigenvalue weighted by molar-refractivity contribution is 0.0707. The molecule has 35 heavy (non-hydrogen) atoms. The van der Waals surface area contributed by atoms with Gasteiger partial charge in [-0.05, 0) is 66.4 Å². The van der Waals surface area contributed by atoms with Crippen molar-refractivity contribution in [2.45, 2.75) is 23.4 Å². The quantitative estimate of drug-likeness (QED) is 0.233. The fourth-order valence-electron chi connectivity index (χ4n) is 3.69. The number of amides is 1. The second-order valence-electron chi connectivity index (χ2n) is 7.65. The van der Waals surface area contributed by atoms with Crippen molar-refractivity contribution in [1.82, 2.24) is 10.5 Å². The highest BCUT2D eigenvalue weighted by Gasteiger charge is 2.24. The van der Waals surface area contributed by atoms with E-state index in [9.17, 15) is 18.4 Å². The van der Waals surface area contributed by atoms with Crippen LogP contribution in [-0.4, -0.2) is 31.6 Å². The van der Waals surface area contributed by atoms with Crippen LogP contribution in [0.4, 0.5) is 5.69 Å². The molecule has 2 aromatic heterocycles. The third kappa shape index (κ3) is 5.04. The molecule has 0 aliphatic rings.